The van der Waals surface area contributed by atoms with Crippen molar-refractivity contribution in [2.24, 2.45) is 0 Å². The molecule has 1 aliphatic heterocycles. The quantitative estimate of drug-likeness (QED) is 0.746. The van der Waals surface area contributed by atoms with Crippen LogP contribution < -0.4 is 10.6 Å². The summed E-state index contributed by atoms with van der Waals surface area (Å²) in [6, 6.07) is 0. The molecule has 0 spiro atoms. The Bertz CT molecular complexity index is 628. The molecule has 2 aromatic rings. The van der Waals surface area contributed by atoms with Crippen molar-refractivity contribution in [1.29, 1.82) is 0 Å². The molecule has 3 heterocycles. The molecule has 0 radical (unpaired) electrons. The van der Waals surface area contributed by atoms with Crippen LogP contribution in [0.4, 0.5) is 5.82 Å². The second-order valence-electron chi connectivity index (χ2n) is 5.51. The van der Waals surface area contributed by atoms with Gasteiger partial charge >= 0.3 is 0 Å². The summed E-state index contributed by atoms with van der Waals surface area (Å²) in [5.41, 5.74) is 2.38. The Kier molecular flexibility index (Phi) is 5.49. The lowest BCUT2D eigenvalue weighted by atomic mass is 10.1. The van der Waals surface area contributed by atoms with Crippen molar-refractivity contribution in [1.82, 2.24) is 30.0 Å². The van der Waals surface area contributed by atoms with Crippen LogP contribution in [0, 0.1) is 0 Å². The van der Waals surface area contributed by atoms with E-state index >= 15 is 0 Å². The average Bonchev–Trinajstić information content (AvgIpc) is 2.87. The summed E-state index contributed by atoms with van der Waals surface area (Å²) in [7, 11) is 1.70. The molecule has 0 amide bonds. The number of aromatic nitrogens is 5. The van der Waals surface area contributed by atoms with E-state index in [-0.39, 0.29) is 0 Å². The van der Waals surface area contributed by atoms with Crippen LogP contribution in [0.3, 0.4) is 0 Å². The molecule has 124 valence electrons. The van der Waals surface area contributed by atoms with Gasteiger partial charge in [-0.25, -0.2) is 9.97 Å². The summed E-state index contributed by atoms with van der Waals surface area (Å²) < 4.78 is 7.13. The van der Waals surface area contributed by atoms with Crippen LogP contribution in [0.15, 0.2) is 12.7 Å². The fraction of sp³-hybridized carbons (Fsp3) is 0.600. The van der Waals surface area contributed by atoms with Gasteiger partial charge in [0.25, 0.3) is 0 Å². The van der Waals surface area contributed by atoms with E-state index in [9.17, 15) is 0 Å². The third-order valence-electron chi connectivity index (χ3n) is 4.00. The predicted octanol–water partition coefficient (Wildman–Crippen LogP) is 0.0573. The molecule has 2 aromatic heterocycles. The summed E-state index contributed by atoms with van der Waals surface area (Å²) >= 11 is 0. The number of hydrogen-bond donors (Lipinski definition) is 2. The summed E-state index contributed by atoms with van der Waals surface area (Å²) in [6.07, 6.45) is 6.10. The first-order chi connectivity index (χ1) is 11.4. The monoisotopic (exact) mass is 317 g/mol. The maximum absolute atomic E-state index is 5.10. The van der Waals surface area contributed by atoms with E-state index in [1.54, 1.807) is 19.8 Å². The van der Waals surface area contributed by atoms with Crippen LogP contribution in [0.5, 0.6) is 0 Å². The molecule has 0 saturated carbocycles. The van der Waals surface area contributed by atoms with Gasteiger partial charge in [-0.15, -0.1) is 10.2 Å². The fourth-order valence-corrected chi connectivity index (χ4v) is 2.77. The molecule has 0 bridgehead atoms. The van der Waals surface area contributed by atoms with E-state index in [0.29, 0.717) is 6.61 Å². The largest absolute Gasteiger partial charge is 0.383 e. The molecule has 2 N–H and O–H groups in total. The van der Waals surface area contributed by atoms with Gasteiger partial charge < -0.3 is 19.9 Å². The Balaban J connectivity index is 1.60. The number of nitrogens with zero attached hydrogens (tertiary/aromatic N) is 5. The molecule has 0 saturated heterocycles. The van der Waals surface area contributed by atoms with Crippen molar-refractivity contribution < 1.29 is 4.74 Å². The highest BCUT2D eigenvalue weighted by Gasteiger charge is 2.14. The molecule has 0 unspecified atom stereocenters. The molecule has 0 fully saturated rings. The van der Waals surface area contributed by atoms with E-state index < -0.39 is 0 Å². The highest BCUT2D eigenvalue weighted by molar-refractivity contribution is 5.46. The Morgan fingerprint density at radius 1 is 1.30 bits per heavy atom. The van der Waals surface area contributed by atoms with E-state index in [0.717, 1.165) is 62.8 Å². The van der Waals surface area contributed by atoms with Gasteiger partial charge in [0.15, 0.2) is 0 Å². The van der Waals surface area contributed by atoms with E-state index in [1.165, 1.54) is 5.56 Å². The highest BCUT2D eigenvalue weighted by Crippen LogP contribution is 2.18. The van der Waals surface area contributed by atoms with Crippen LogP contribution >= 0.6 is 0 Å². The Labute approximate surface area is 135 Å². The number of ether oxygens (including phenoxy) is 1. The van der Waals surface area contributed by atoms with Crippen LogP contribution in [-0.2, 0) is 30.5 Å². The van der Waals surface area contributed by atoms with Gasteiger partial charge in [0, 0.05) is 45.1 Å². The molecular formula is C15H23N7O. The zero-order valence-electron chi connectivity index (χ0n) is 13.5. The van der Waals surface area contributed by atoms with E-state index in [2.05, 4.69) is 30.8 Å². The van der Waals surface area contributed by atoms with Crippen LogP contribution in [0.1, 0.15) is 17.1 Å². The third-order valence-corrected chi connectivity index (χ3v) is 4.00. The summed E-state index contributed by atoms with van der Waals surface area (Å²) in [5, 5.41) is 15.0. The minimum absolute atomic E-state index is 0.658. The zero-order chi connectivity index (χ0) is 15.9. The van der Waals surface area contributed by atoms with Crippen LogP contribution in [-0.4, -0.2) is 58.1 Å². The Hall–Kier alpha value is -2.06. The minimum atomic E-state index is 0.658. The van der Waals surface area contributed by atoms with Crippen molar-refractivity contribution >= 4 is 5.82 Å². The van der Waals surface area contributed by atoms with Gasteiger partial charge in [-0.05, 0) is 13.0 Å². The first-order valence-electron chi connectivity index (χ1n) is 8.01. The van der Waals surface area contributed by atoms with Gasteiger partial charge in [-0.1, -0.05) is 0 Å². The zero-order valence-corrected chi connectivity index (χ0v) is 13.5. The second-order valence-corrected chi connectivity index (χ2v) is 5.51. The number of fused-ring (bicyclic) bond motifs is 1. The first-order valence-corrected chi connectivity index (χ1v) is 8.01. The van der Waals surface area contributed by atoms with Gasteiger partial charge in [0.2, 0.25) is 0 Å². The van der Waals surface area contributed by atoms with E-state index in [1.807, 2.05) is 4.57 Å². The molecule has 8 nitrogen and oxygen atoms in total. The van der Waals surface area contributed by atoms with Crippen LogP contribution in [0.25, 0.3) is 0 Å². The van der Waals surface area contributed by atoms with Gasteiger partial charge in [-0.2, -0.15) is 0 Å². The lowest BCUT2D eigenvalue weighted by Crippen LogP contribution is -2.16. The van der Waals surface area contributed by atoms with Gasteiger partial charge in [0.05, 0.1) is 12.3 Å². The molecule has 0 aliphatic carbocycles. The molecule has 3 rings (SSSR count). The van der Waals surface area contributed by atoms with Gasteiger partial charge in [-0.3, -0.25) is 0 Å². The Morgan fingerprint density at radius 2 is 2.22 bits per heavy atom. The molecule has 1 aliphatic rings. The molecular weight excluding hydrogens is 294 g/mol. The number of nitrogens with one attached hydrogen (secondary N) is 2. The van der Waals surface area contributed by atoms with Crippen molar-refractivity contribution in [2.45, 2.75) is 25.8 Å². The second kappa shape index (κ2) is 7.98. The maximum atomic E-state index is 5.10. The first kappa shape index (κ1) is 15.8. The van der Waals surface area contributed by atoms with Crippen molar-refractivity contribution in [3.63, 3.8) is 0 Å². The lowest BCUT2D eigenvalue weighted by molar-refractivity contribution is 0.186. The van der Waals surface area contributed by atoms with Crippen LogP contribution in [0.2, 0.25) is 0 Å². The molecule has 23 heavy (non-hydrogen) atoms. The maximum Gasteiger partial charge on any atom is 0.134 e. The smallest absolute Gasteiger partial charge is 0.134 e. The lowest BCUT2D eigenvalue weighted by Gasteiger charge is -2.12. The van der Waals surface area contributed by atoms with Crippen molar-refractivity contribution in [3.8, 4) is 0 Å². The molecule has 0 atom stereocenters. The summed E-state index contributed by atoms with van der Waals surface area (Å²) in [6.45, 7) is 4.15. The average molecular weight is 317 g/mol. The fourth-order valence-electron chi connectivity index (χ4n) is 2.77. The normalized spacial score (nSPS) is 14.3. The van der Waals surface area contributed by atoms with Crippen molar-refractivity contribution in [3.05, 3.63) is 29.7 Å². The number of hydrogen-bond acceptors (Lipinski definition) is 7. The SMILES string of the molecule is COCCn1cnnc1CCNc1ncnc2c1CCNCC2. The Morgan fingerprint density at radius 3 is 3.13 bits per heavy atom. The summed E-state index contributed by atoms with van der Waals surface area (Å²) in [4.78, 5) is 8.83. The minimum Gasteiger partial charge on any atom is -0.383 e. The standard InChI is InChI=1S/C15H23N7O/c1-23-9-8-22-11-20-21-14(22)4-7-17-15-12-2-5-16-6-3-13(12)18-10-19-15/h10-11,16H,2-9H2,1H3,(H,17,18,19). The van der Waals surface area contributed by atoms with E-state index in [4.69, 9.17) is 4.74 Å². The molecule has 8 heteroatoms. The number of methoxy groups -OCH3 is 1. The molecule has 0 aromatic carbocycles. The number of rotatable bonds is 7. The third kappa shape index (κ3) is 4.02. The number of anilines is 1. The predicted molar refractivity (Wildman–Crippen MR) is 86.4 cm³/mol. The summed E-state index contributed by atoms with van der Waals surface area (Å²) in [5.74, 6) is 1.90. The van der Waals surface area contributed by atoms with Crippen molar-refractivity contribution in [2.75, 3.05) is 38.7 Å². The topological polar surface area (TPSA) is 89.8 Å². The van der Waals surface area contributed by atoms with Gasteiger partial charge in [0.1, 0.15) is 24.3 Å². The highest BCUT2D eigenvalue weighted by atomic mass is 16.5.